The number of hydrogen-bond acceptors (Lipinski definition) is 3. The lowest BCUT2D eigenvalue weighted by Gasteiger charge is -2.23. The topological polar surface area (TPSA) is 63.4 Å². The van der Waals surface area contributed by atoms with Crippen LogP contribution in [-0.2, 0) is 0 Å². The Bertz CT molecular complexity index is 522. The first-order valence-corrected chi connectivity index (χ1v) is 7.25. The van der Waals surface area contributed by atoms with Gasteiger partial charge in [-0.3, -0.25) is 10.1 Å². The van der Waals surface area contributed by atoms with Crippen LogP contribution >= 0.6 is 11.6 Å². The summed E-state index contributed by atoms with van der Waals surface area (Å²) in [5.41, 5.74) is 1.36. The molecule has 0 amide bonds. The molecule has 20 heavy (non-hydrogen) atoms. The van der Waals surface area contributed by atoms with Gasteiger partial charge in [-0.1, -0.05) is 30.9 Å². The van der Waals surface area contributed by atoms with Gasteiger partial charge in [0.2, 0.25) is 0 Å². The average molecular weight is 296 g/mol. The van der Waals surface area contributed by atoms with Gasteiger partial charge in [-0.25, -0.2) is 0 Å². The highest BCUT2D eigenvalue weighted by Gasteiger charge is 2.19. The van der Waals surface area contributed by atoms with Crippen molar-refractivity contribution in [2.45, 2.75) is 32.1 Å². The Kier molecular flexibility index (Phi) is 5.15. The number of aliphatic hydroxyl groups is 1. The summed E-state index contributed by atoms with van der Waals surface area (Å²) in [5.74, 6) is 0.326. The summed E-state index contributed by atoms with van der Waals surface area (Å²) < 4.78 is 0. The molecule has 1 fully saturated rings. The molecule has 1 aromatic carbocycles. The largest absolute Gasteiger partial charge is 0.392 e. The van der Waals surface area contributed by atoms with E-state index in [9.17, 15) is 15.2 Å². The summed E-state index contributed by atoms with van der Waals surface area (Å²) in [6, 6.07) is 4.50. The van der Waals surface area contributed by atoms with Crippen molar-refractivity contribution in [3.63, 3.8) is 0 Å². The van der Waals surface area contributed by atoms with Crippen molar-refractivity contribution in [3.8, 4) is 0 Å². The summed E-state index contributed by atoms with van der Waals surface area (Å²) in [5, 5.41) is 21.1. The monoisotopic (exact) mass is 295 g/mol. The third kappa shape index (κ3) is 3.58. The molecule has 0 aliphatic heterocycles. The zero-order chi connectivity index (χ0) is 14.5. The predicted molar refractivity (Wildman–Crippen MR) is 79.7 cm³/mol. The van der Waals surface area contributed by atoms with Crippen LogP contribution in [0.1, 0.15) is 37.7 Å². The average Bonchev–Trinajstić information content (AvgIpc) is 2.45. The maximum absolute atomic E-state index is 11.0. The molecular formula is C15H18ClNO3. The molecule has 0 saturated heterocycles. The quantitative estimate of drug-likeness (QED) is 0.668. The van der Waals surface area contributed by atoms with Gasteiger partial charge in [0.1, 0.15) is 0 Å². The zero-order valence-electron chi connectivity index (χ0n) is 11.2. The standard InChI is InChI=1S/C15H18ClNO3/c16-14-6-7-15(17(19)20)12(9-14)8-13(10-18)11-4-2-1-3-5-11/h6-9,11,18H,1-5,10H2/b13-8-. The van der Waals surface area contributed by atoms with E-state index >= 15 is 0 Å². The first-order chi connectivity index (χ1) is 9.61. The molecule has 0 aromatic heterocycles. The lowest BCUT2D eigenvalue weighted by molar-refractivity contribution is -0.385. The Balaban J connectivity index is 2.35. The number of benzene rings is 1. The lowest BCUT2D eigenvalue weighted by atomic mass is 9.83. The molecule has 0 unspecified atom stereocenters. The molecule has 2 rings (SSSR count). The van der Waals surface area contributed by atoms with Crippen LogP contribution in [0.25, 0.3) is 6.08 Å². The number of halogens is 1. The van der Waals surface area contributed by atoms with E-state index in [1.54, 1.807) is 12.1 Å². The molecule has 1 N–H and O–H groups in total. The Morgan fingerprint density at radius 2 is 2.10 bits per heavy atom. The summed E-state index contributed by atoms with van der Waals surface area (Å²) in [4.78, 5) is 10.6. The highest BCUT2D eigenvalue weighted by molar-refractivity contribution is 6.30. The van der Waals surface area contributed by atoms with Crippen molar-refractivity contribution >= 4 is 23.4 Å². The minimum atomic E-state index is -0.419. The third-order valence-corrected chi connectivity index (χ3v) is 4.07. The van der Waals surface area contributed by atoms with Crippen LogP contribution in [0.15, 0.2) is 23.8 Å². The zero-order valence-corrected chi connectivity index (χ0v) is 12.0. The number of aliphatic hydroxyl groups excluding tert-OH is 1. The molecule has 4 nitrogen and oxygen atoms in total. The molecule has 0 radical (unpaired) electrons. The minimum absolute atomic E-state index is 0.0242. The number of rotatable bonds is 4. The van der Waals surface area contributed by atoms with Gasteiger partial charge in [-0.05, 0) is 42.5 Å². The smallest absolute Gasteiger partial charge is 0.276 e. The van der Waals surface area contributed by atoms with Gasteiger partial charge in [0.25, 0.3) is 5.69 Å². The van der Waals surface area contributed by atoms with Crippen molar-refractivity contribution in [2.24, 2.45) is 5.92 Å². The molecule has 0 atom stereocenters. The second-order valence-electron chi connectivity index (χ2n) is 5.17. The first kappa shape index (κ1) is 15.0. The fourth-order valence-corrected chi connectivity index (χ4v) is 2.95. The molecule has 0 heterocycles. The Labute approximate surface area is 123 Å². The number of nitro groups is 1. The van der Waals surface area contributed by atoms with Crippen molar-refractivity contribution in [1.29, 1.82) is 0 Å². The van der Waals surface area contributed by atoms with Crippen molar-refractivity contribution < 1.29 is 10.0 Å². The van der Waals surface area contributed by atoms with E-state index in [1.807, 2.05) is 0 Å². The summed E-state index contributed by atoms with van der Waals surface area (Å²) >= 11 is 5.92. The van der Waals surface area contributed by atoms with Crippen LogP contribution in [0.2, 0.25) is 5.02 Å². The van der Waals surface area contributed by atoms with Gasteiger partial charge < -0.3 is 5.11 Å². The lowest BCUT2D eigenvalue weighted by Crippen LogP contribution is -2.11. The first-order valence-electron chi connectivity index (χ1n) is 6.87. The molecule has 0 spiro atoms. The second kappa shape index (κ2) is 6.86. The molecule has 5 heteroatoms. The third-order valence-electron chi connectivity index (χ3n) is 3.84. The van der Waals surface area contributed by atoms with E-state index in [1.165, 1.54) is 18.6 Å². The van der Waals surface area contributed by atoms with Crippen LogP contribution in [-0.4, -0.2) is 16.6 Å². The maximum Gasteiger partial charge on any atom is 0.276 e. The molecule has 1 aromatic rings. The Hall–Kier alpha value is -1.39. The van der Waals surface area contributed by atoms with Gasteiger partial charge in [0.15, 0.2) is 0 Å². The number of nitro benzene ring substituents is 1. The van der Waals surface area contributed by atoms with E-state index in [-0.39, 0.29) is 12.3 Å². The van der Waals surface area contributed by atoms with Gasteiger partial charge in [-0.2, -0.15) is 0 Å². The molecule has 1 aliphatic rings. The highest BCUT2D eigenvalue weighted by Crippen LogP contribution is 2.32. The second-order valence-corrected chi connectivity index (χ2v) is 5.61. The van der Waals surface area contributed by atoms with Crippen LogP contribution in [0, 0.1) is 16.0 Å². The maximum atomic E-state index is 11.0. The number of hydrogen-bond donors (Lipinski definition) is 1. The molecular weight excluding hydrogens is 278 g/mol. The van der Waals surface area contributed by atoms with E-state index in [0.717, 1.165) is 31.3 Å². The molecule has 1 aliphatic carbocycles. The predicted octanol–water partition coefficient (Wildman–Crippen LogP) is 4.20. The van der Waals surface area contributed by atoms with E-state index in [2.05, 4.69) is 0 Å². The summed E-state index contributed by atoms with van der Waals surface area (Å²) in [7, 11) is 0. The van der Waals surface area contributed by atoms with Crippen molar-refractivity contribution in [2.75, 3.05) is 6.61 Å². The van der Waals surface area contributed by atoms with E-state index in [4.69, 9.17) is 11.6 Å². The van der Waals surface area contributed by atoms with Gasteiger partial charge in [0, 0.05) is 11.1 Å². The van der Waals surface area contributed by atoms with Gasteiger partial charge in [0.05, 0.1) is 17.1 Å². The summed E-state index contributed by atoms with van der Waals surface area (Å²) in [6.07, 6.45) is 7.35. The van der Waals surface area contributed by atoms with Crippen LogP contribution in [0.3, 0.4) is 0 Å². The van der Waals surface area contributed by atoms with E-state index < -0.39 is 4.92 Å². The summed E-state index contributed by atoms with van der Waals surface area (Å²) in [6.45, 7) is -0.0612. The highest BCUT2D eigenvalue weighted by atomic mass is 35.5. The van der Waals surface area contributed by atoms with Crippen molar-refractivity contribution in [3.05, 3.63) is 44.5 Å². The van der Waals surface area contributed by atoms with Crippen LogP contribution < -0.4 is 0 Å². The van der Waals surface area contributed by atoms with Crippen molar-refractivity contribution in [1.82, 2.24) is 0 Å². The fraction of sp³-hybridized carbons (Fsp3) is 0.467. The Morgan fingerprint density at radius 1 is 1.40 bits per heavy atom. The minimum Gasteiger partial charge on any atom is -0.392 e. The number of nitrogens with zero attached hydrogens (tertiary/aromatic N) is 1. The van der Waals surface area contributed by atoms with Gasteiger partial charge >= 0.3 is 0 Å². The normalized spacial score (nSPS) is 17.2. The molecule has 108 valence electrons. The molecule has 1 saturated carbocycles. The SMILES string of the molecule is O=[N+]([O-])c1ccc(Cl)cc1/C=C(/CO)C1CCCCC1. The van der Waals surface area contributed by atoms with Gasteiger partial charge in [-0.15, -0.1) is 0 Å². The fourth-order valence-electron chi connectivity index (χ4n) is 2.77. The van der Waals surface area contributed by atoms with E-state index in [0.29, 0.717) is 16.5 Å². The van der Waals surface area contributed by atoms with Crippen LogP contribution in [0.5, 0.6) is 0 Å². The van der Waals surface area contributed by atoms with Crippen LogP contribution in [0.4, 0.5) is 5.69 Å². The Morgan fingerprint density at radius 3 is 2.70 bits per heavy atom. The molecule has 0 bridgehead atoms.